The fourth-order valence-corrected chi connectivity index (χ4v) is 7.12. The zero-order valence-corrected chi connectivity index (χ0v) is 24.9. The number of benzene rings is 1. The van der Waals surface area contributed by atoms with Gasteiger partial charge in [-0.05, 0) is 109 Å². The van der Waals surface area contributed by atoms with E-state index in [9.17, 15) is 4.79 Å². The first-order valence-corrected chi connectivity index (χ1v) is 15.4. The molecule has 39 heavy (non-hydrogen) atoms. The lowest BCUT2D eigenvalue weighted by atomic mass is 9.71. The Bertz CT molecular complexity index is 1130. The normalized spacial score (nSPS) is 19.0. The zero-order valence-electron chi connectivity index (χ0n) is 24.1. The topological polar surface area (TPSA) is 58.1 Å². The second-order valence-corrected chi connectivity index (χ2v) is 13.4. The third-order valence-electron chi connectivity index (χ3n) is 8.43. The summed E-state index contributed by atoms with van der Waals surface area (Å²) in [6.45, 7) is 12.0. The molecular formula is C31H44N4O3S. The molecule has 0 N–H and O–H groups in total. The van der Waals surface area contributed by atoms with Crippen molar-refractivity contribution in [2.45, 2.75) is 81.1 Å². The van der Waals surface area contributed by atoms with Crippen molar-refractivity contribution in [1.82, 2.24) is 14.8 Å². The Kier molecular flexibility index (Phi) is 8.62. The predicted octanol–water partition coefficient (Wildman–Crippen LogP) is 6.98. The van der Waals surface area contributed by atoms with Gasteiger partial charge in [-0.15, -0.1) is 0 Å². The molecule has 212 valence electrons. The fraction of sp³-hybridized carbons (Fsp3) is 0.613. The maximum atomic E-state index is 12.4. The van der Waals surface area contributed by atoms with Crippen LogP contribution in [0.2, 0.25) is 0 Å². The van der Waals surface area contributed by atoms with E-state index in [-0.39, 0.29) is 6.09 Å². The van der Waals surface area contributed by atoms with E-state index in [1.54, 1.807) is 18.9 Å². The summed E-state index contributed by atoms with van der Waals surface area (Å²) in [5.41, 5.74) is 1.18. The number of pyridine rings is 1. The second kappa shape index (κ2) is 12.0. The molecule has 3 aliphatic heterocycles. The van der Waals surface area contributed by atoms with Crippen LogP contribution in [0, 0.1) is 5.41 Å². The van der Waals surface area contributed by atoms with Gasteiger partial charge in [0.15, 0.2) is 0 Å². The largest absolute Gasteiger partial charge is 0.497 e. The number of methoxy groups -OCH3 is 1. The average Bonchev–Trinajstić information content (AvgIpc) is 2.92. The standard InChI is InChI=1S/C31H44N4O3S/c1-30(2,3)38-29(36)34-21-14-31(15-22-34)12-19-33(20-13-31)17-6-5-7-18-35-25-23-24(37-4)10-11-26(25)39-27-9-8-16-32-28(27)35/h8-11,16,23H,5-7,12-15,17-22H2,1-4H3. The lowest BCUT2D eigenvalue weighted by Gasteiger charge is -2.47. The van der Waals surface area contributed by atoms with E-state index in [0.717, 1.165) is 50.5 Å². The Labute approximate surface area is 238 Å². The van der Waals surface area contributed by atoms with Gasteiger partial charge < -0.3 is 24.2 Å². The highest BCUT2D eigenvalue weighted by Gasteiger charge is 2.39. The number of aromatic nitrogens is 1. The van der Waals surface area contributed by atoms with Crippen LogP contribution in [-0.2, 0) is 4.74 Å². The molecule has 8 heteroatoms. The molecule has 4 heterocycles. The minimum atomic E-state index is -0.427. The first-order chi connectivity index (χ1) is 18.8. The van der Waals surface area contributed by atoms with Crippen molar-refractivity contribution < 1.29 is 14.3 Å². The highest BCUT2D eigenvalue weighted by molar-refractivity contribution is 7.99. The summed E-state index contributed by atoms with van der Waals surface area (Å²) in [7, 11) is 1.73. The van der Waals surface area contributed by atoms with Gasteiger partial charge >= 0.3 is 6.09 Å². The van der Waals surface area contributed by atoms with Crippen LogP contribution in [0.15, 0.2) is 46.3 Å². The van der Waals surface area contributed by atoms with E-state index in [1.165, 1.54) is 60.8 Å². The summed E-state index contributed by atoms with van der Waals surface area (Å²) in [5.74, 6) is 1.94. The van der Waals surface area contributed by atoms with E-state index in [1.807, 2.05) is 44.0 Å². The monoisotopic (exact) mass is 552 g/mol. The number of unbranched alkanes of at least 4 members (excludes halogenated alkanes) is 2. The first kappa shape index (κ1) is 28.1. The molecule has 5 rings (SSSR count). The molecule has 0 atom stereocenters. The maximum Gasteiger partial charge on any atom is 0.410 e. The van der Waals surface area contributed by atoms with E-state index < -0.39 is 5.60 Å². The van der Waals surface area contributed by atoms with Gasteiger partial charge in [0, 0.05) is 36.8 Å². The zero-order chi connectivity index (χ0) is 27.5. The van der Waals surface area contributed by atoms with Gasteiger partial charge in [0.1, 0.15) is 17.2 Å². The van der Waals surface area contributed by atoms with Crippen molar-refractivity contribution in [3.05, 3.63) is 36.5 Å². The molecule has 0 radical (unpaired) electrons. The molecule has 0 aliphatic carbocycles. The van der Waals surface area contributed by atoms with Crippen LogP contribution < -0.4 is 9.64 Å². The quantitative estimate of drug-likeness (QED) is 0.344. The van der Waals surface area contributed by atoms with Gasteiger partial charge in [0.05, 0.1) is 17.7 Å². The van der Waals surface area contributed by atoms with Gasteiger partial charge in [0.2, 0.25) is 0 Å². The molecule has 0 unspecified atom stereocenters. The van der Waals surface area contributed by atoms with Crippen LogP contribution in [0.1, 0.15) is 65.7 Å². The Morgan fingerprint density at radius 3 is 2.41 bits per heavy atom. The van der Waals surface area contributed by atoms with Gasteiger partial charge in [-0.1, -0.05) is 18.2 Å². The first-order valence-electron chi connectivity index (χ1n) is 14.5. The molecule has 1 aromatic carbocycles. The molecule has 1 amide bonds. The number of rotatable bonds is 7. The minimum Gasteiger partial charge on any atom is -0.497 e. The number of hydrogen-bond donors (Lipinski definition) is 0. The van der Waals surface area contributed by atoms with Crippen molar-refractivity contribution in [1.29, 1.82) is 0 Å². The number of likely N-dealkylation sites (tertiary alicyclic amines) is 2. The number of fused-ring (bicyclic) bond motifs is 2. The number of carbonyl (C=O) groups is 1. The van der Waals surface area contributed by atoms with E-state index >= 15 is 0 Å². The van der Waals surface area contributed by atoms with Crippen LogP contribution in [0.25, 0.3) is 0 Å². The summed E-state index contributed by atoms with van der Waals surface area (Å²) >= 11 is 1.79. The van der Waals surface area contributed by atoms with Crippen LogP contribution in [0.3, 0.4) is 0 Å². The Morgan fingerprint density at radius 2 is 1.69 bits per heavy atom. The highest BCUT2D eigenvalue weighted by atomic mass is 32.2. The Balaban J connectivity index is 1.05. The van der Waals surface area contributed by atoms with Crippen LogP contribution >= 0.6 is 11.8 Å². The third kappa shape index (κ3) is 6.83. The average molecular weight is 553 g/mol. The second-order valence-electron chi connectivity index (χ2n) is 12.3. The van der Waals surface area contributed by atoms with E-state index in [4.69, 9.17) is 14.5 Å². The van der Waals surface area contributed by atoms with Crippen molar-refractivity contribution in [2.75, 3.05) is 51.3 Å². The number of ether oxygens (including phenoxy) is 2. The van der Waals surface area contributed by atoms with Crippen LogP contribution in [-0.4, -0.2) is 72.9 Å². The molecule has 0 saturated carbocycles. The fourth-order valence-electron chi connectivity index (χ4n) is 6.07. The number of amides is 1. The summed E-state index contributed by atoms with van der Waals surface area (Å²) < 4.78 is 11.1. The van der Waals surface area contributed by atoms with Crippen molar-refractivity contribution >= 4 is 29.4 Å². The molecule has 2 saturated heterocycles. The smallest absolute Gasteiger partial charge is 0.410 e. The molecule has 1 spiro atoms. The van der Waals surface area contributed by atoms with Crippen molar-refractivity contribution in [3.63, 3.8) is 0 Å². The molecule has 0 bridgehead atoms. The number of hydrogen-bond acceptors (Lipinski definition) is 7. The third-order valence-corrected chi connectivity index (χ3v) is 9.54. The highest BCUT2D eigenvalue weighted by Crippen LogP contribution is 2.48. The SMILES string of the molecule is COc1ccc2c(c1)N(CCCCCN1CCC3(CC1)CCN(C(=O)OC(C)(C)C)CC3)c1ncccc1S2. The number of nitrogens with zero attached hydrogens (tertiary/aromatic N) is 4. The molecule has 1 aromatic heterocycles. The summed E-state index contributed by atoms with van der Waals surface area (Å²) in [6, 6.07) is 10.5. The molecular weight excluding hydrogens is 508 g/mol. The van der Waals surface area contributed by atoms with Gasteiger partial charge in [-0.25, -0.2) is 9.78 Å². The molecule has 7 nitrogen and oxygen atoms in total. The van der Waals surface area contributed by atoms with Gasteiger partial charge in [-0.2, -0.15) is 0 Å². The molecule has 2 aromatic rings. The number of piperidine rings is 2. The predicted molar refractivity (Wildman–Crippen MR) is 157 cm³/mol. The van der Waals surface area contributed by atoms with Gasteiger partial charge in [0.25, 0.3) is 0 Å². The molecule has 3 aliphatic rings. The van der Waals surface area contributed by atoms with Crippen LogP contribution in [0.4, 0.5) is 16.3 Å². The Morgan fingerprint density at radius 1 is 0.974 bits per heavy atom. The summed E-state index contributed by atoms with van der Waals surface area (Å²) in [4.78, 5) is 26.6. The van der Waals surface area contributed by atoms with Crippen molar-refractivity contribution in [2.24, 2.45) is 5.41 Å². The lowest BCUT2D eigenvalue weighted by Crippen LogP contribution is -2.49. The van der Waals surface area contributed by atoms with Crippen LogP contribution in [0.5, 0.6) is 5.75 Å². The number of anilines is 2. The number of carbonyl (C=O) groups excluding carboxylic acids is 1. The molecule has 2 fully saturated rings. The maximum absolute atomic E-state index is 12.4. The Hall–Kier alpha value is -2.45. The summed E-state index contributed by atoms with van der Waals surface area (Å²) in [6.07, 6.45) is 10.0. The van der Waals surface area contributed by atoms with Gasteiger partial charge in [-0.3, -0.25) is 0 Å². The van der Waals surface area contributed by atoms with E-state index in [2.05, 4.69) is 28.0 Å². The van der Waals surface area contributed by atoms with E-state index in [0.29, 0.717) is 5.41 Å². The van der Waals surface area contributed by atoms with Crippen molar-refractivity contribution in [3.8, 4) is 5.75 Å². The minimum absolute atomic E-state index is 0.153. The lowest BCUT2D eigenvalue weighted by molar-refractivity contribution is -0.00248. The summed E-state index contributed by atoms with van der Waals surface area (Å²) in [5, 5.41) is 0.